The summed E-state index contributed by atoms with van der Waals surface area (Å²) in [4.78, 5) is 15.5. The molecule has 1 amide bonds. The Morgan fingerprint density at radius 1 is 1.45 bits per heavy atom. The van der Waals surface area contributed by atoms with E-state index in [4.69, 9.17) is 5.73 Å². The van der Waals surface area contributed by atoms with E-state index in [1.54, 1.807) is 0 Å². The van der Waals surface area contributed by atoms with Gasteiger partial charge in [0.2, 0.25) is 5.91 Å². The molecule has 2 heterocycles. The van der Waals surface area contributed by atoms with Crippen molar-refractivity contribution in [2.45, 2.75) is 25.8 Å². The minimum absolute atomic E-state index is 0.138. The van der Waals surface area contributed by atoms with Crippen LogP contribution in [-0.2, 0) is 4.79 Å². The van der Waals surface area contributed by atoms with Crippen molar-refractivity contribution in [3.8, 4) is 0 Å². The van der Waals surface area contributed by atoms with E-state index in [1.165, 1.54) is 0 Å². The predicted molar refractivity (Wildman–Crippen MR) is 80.5 cm³/mol. The Kier molecular flexibility index (Phi) is 3.18. The molecule has 1 aromatic heterocycles. The average molecular weight is 270 g/mol. The van der Waals surface area contributed by atoms with Crippen LogP contribution in [0.4, 0.5) is 11.4 Å². The molecule has 1 aromatic carbocycles. The molecule has 1 saturated heterocycles. The molecule has 0 radical (unpaired) electrons. The van der Waals surface area contributed by atoms with Gasteiger partial charge < -0.3 is 16.4 Å². The molecule has 3 rings (SSSR count). The van der Waals surface area contributed by atoms with Gasteiger partial charge in [-0.1, -0.05) is 0 Å². The van der Waals surface area contributed by atoms with Crippen LogP contribution in [0.5, 0.6) is 0 Å². The third-order valence-electron chi connectivity index (χ3n) is 3.70. The molecule has 1 unspecified atom stereocenters. The first-order valence-electron chi connectivity index (χ1n) is 6.81. The van der Waals surface area contributed by atoms with Crippen molar-refractivity contribution in [3.63, 3.8) is 0 Å². The van der Waals surface area contributed by atoms with Crippen molar-refractivity contribution in [2.24, 2.45) is 0 Å². The number of aryl methyl sites for hydroxylation is 1. The van der Waals surface area contributed by atoms with Gasteiger partial charge in [-0.2, -0.15) is 0 Å². The van der Waals surface area contributed by atoms with Crippen LogP contribution in [0.15, 0.2) is 24.4 Å². The average Bonchev–Trinajstić information content (AvgIpc) is 2.84. The Bertz CT molecular complexity index is 668. The smallest absolute Gasteiger partial charge is 0.220 e. The Morgan fingerprint density at radius 2 is 2.30 bits per heavy atom. The highest BCUT2D eigenvalue weighted by atomic mass is 16.1. The Labute approximate surface area is 117 Å². The number of amides is 1. The molecule has 2 aromatic rings. The number of fused-ring (bicyclic) bond motifs is 1. The summed E-state index contributed by atoms with van der Waals surface area (Å²) >= 11 is 0. The maximum Gasteiger partial charge on any atom is 0.220 e. The van der Waals surface area contributed by atoms with Crippen LogP contribution >= 0.6 is 0 Å². The molecule has 1 atom stereocenters. The van der Waals surface area contributed by atoms with Gasteiger partial charge in [-0.15, -0.1) is 0 Å². The second kappa shape index (κ2) is 5.00. The predicted octanol–water partition coefficient (Wildman–Crippen LogP) is 1.82. The lowest BCUT2D eigenvalue weighted by atomic mass is 10.1. The summed E-state index contributed by atoms with van der Waals surface area (Å²) in [6, 6.07) is 6.10. The zero-order chi connectivity index (χ0) is 14.1. The second-order valence-corrected chi connectivity index (χ2v) is 5.26. The van der Waals surface area contributed by atoms with Gasteiger partial charge in [-0.25, -0.2) is 0 Å². The maximum atomic E-state index is 11.2. The van der Waals surface area contributed by atoms with Gasteiger partial charge in [-0.3, -0.25) is 9.78 Å². The Morgan fingerprint density at radius 3 is 3.05 bits per heavy atom. The number of nitrogens with two attached hydrogens (primary N) is 1. The van der Waals surface area contributed by atoms with Crippen molar-refractivity contribution >= 4 is 28.1 Å². The molecule has 1 aliphatic rings. The highest BCUT2D eigenvalue weighted by Crippen LogP contribution is 2.28. The molecular formula is C15H18N4O. The molecule has 1 aliphatic heterocycles. The summed E-state index contributed by atoms with van der Waals surface area (Å²) in [5, 5.41) is 8.39. The number of pyridine rings is 1. The number of rotatable bonds is 3. The summed E-state index contributed by atoms with van der Waals surface area (Å²) in [6.07, 6.45) is 3.32. The number of carbonyl (C=O) groups excluding carboxylic acids is 1. The summed E-state index contributed by atoms with van der Waals surface area (Å²) in [6.45, 7) is 2.69. The van der Waals surface area contributed by atoms with Crippen LogP contribution in [0.3, 0.4) is 0 Å². The van der Waals surface area contributed by atoms with Gasteiger partial charge in [0.1, 0.15) is 0 Å². The maximum absolute atomic E-state index is 11.2. The number of benzene rings is 1. The minimum atomic E-state index is 0.138. The zero-order valence-corrected chi connectivity index (χ0v) is 11.4. The quantitative estimate of drug-likeness (QED) is 0.743. The number of nitrogen functional groups attached to an aromatic ring is 1. The third-order valence-corrected chi connectivity index (χ3v) is 3.70. The third kappa shape index (κ3) is 2.39. The fraction of sp³-hybridized carbons (Fsp3) is 0.333. The van der Waals surface area contributed by atoms with Crippen molar-refractivity contribution in [2.75, 3.05) is 17.6 Å². The first-order valence-corrected chi connectivity index (χ1v) is 6.81. The second-order valence-electron chi connectivity index (χ2n) is 5.26. The van der Waals surface area contributed by atoms with Gasteiger partial charge in [0.15, 0.2) is 0 Å². The van der Waals surface area contributed by atoms with E-state index in [9.17, 15) is 4.79 Å². The van der Waals surface area contributed by atoms with Gasteiger partial charge in [0.05, 0.1) is 0 Å². The van der Waals surface area contributed by atoms with Crippen molar-refractivity contribution < 1.29 is 4.79 Å². The Balaban J connectivity index is 1.85. The van der Waals surface area contributed by atoms with Crippen LogP contribution in [0.2, 0.25) is 0 Å². The van der Waals surface area contributed by atoms with E-state index in [1.807, 2.05) is 31.3 Å². The van der Waals surface area contributed by atoms with Crippen LogP contribution in [-0.4, -0.2) is 23.5 Å². The molecule has 5 nitrogen and oxygen atoms in total. The van der Waals surface area contributed by atoms with Crippen molar-refractivity contribution in [1.29, 1.82) is 0 Å². The molecule has 20 heavy (non-hydrogen) atoms. The molecule has 0 saturated carbocycles. The summed E-state index contributed by atoms with van der Waals surface area (Å²) < 4.78 is 0. The molecule has 0 aliphatic carbocycles. The summed E-state index contributed by atoms with van der Waals surface area (Å²) in [5.74, 6) is 0.138. The topological polar surface area (TPSA) is 80.0 Å². The monoisotopic (exact) mass is 270 g/mol. The normalized spacial score (nSPS) is 18.2. The fourth-order valence-electron chi connectivity index (χ4n) is 2.58. The van der Waals surface area contributed by atoms with Gasteiger partial charge >= 0.3 is 0 Å². The molecule has 0 spiro atoms. The van der Waals surface area contributed by atoms with E-state index >= 15 is 0 Å². The SMILES string of the molecule is Cc1cc2c(NCC3CCC(=O)N3)ccc(N)c2cn1. The molecule has 5 heteroatoms. The first-order chi connectivity index (χ1) is 9.63. The highest BCUT2D eigenvalue weighted by Gasteiger charge is 2.20. The Hall–Kier alpha value is -2.30. The van der Waals surface area contributed by atoms with Crippen LogP contribution in [0.1, 0.15) is 18.5 Å². The highest BCUT2D eigenvalue weighted by molar-refractivity contribution is 6.00. The number of carbonyl (C=O) groups is 1. The lowest BCUT2D eigenvalue weighted by Gasteiger charge is -2.15. The number of nitrogens with one attached hydrogen (secondary N) is 2. The largest absolute Gasteiger partial charge is 0.398 e. The minimum Gasteiger partial charge on any atom is -0.398 e. The van der Waals surface area contributed by atoms with Crippen LogP contribution in [0, 0.1) is 6.92 Å². The number of hydrogen-bond acceptors (Lipinski definition) is 4. The number of aromatic nitrogens is 1. The molecule has 104 valence electrons. The molecule has 0 bridgehead atoms. The van der Waals surface area contributed by atoms with E-state index in [0.717, 1.165) is 40.8 Å². The summed E-state index contributed by atoms with van der Waals surface area (Å²) in [5.41, 5.74) is 8.70. The van der Waals surface area contributed by atoms with E-state index in [0.29, 0.717) is 6.42 Å². The standard InChI is InChI=1S/C15H18N4O/c1-9-6-11-12(8-17-9)13(16)3-4-14(11)18-7-10-2-5-15(20)19-10/h3-4,6,8,10,18H,2,5,7,16H2,1H3,(H,19,20). The molecular weight excluding hydrogens is 252 g/mol. The lowest BCUT2D eigenvalue weighted by molar-refractivity contribution is -0.119. The van der Waals surface area contributed by atoms with E-state index < -0.39 is 0 Å². The van der Waals surface area contributed by atoms with E-state index in [2.05, 4.69) is 15.6 Å². The van der Waals surface area contributed by atoms with Crippen LogP contribution < -0.4 is 16.4 Å². The summed E-state index contributed by atoms with van der Waals surface area (Å²) in [7, 11) is 0. The van der Waals surface area contributed by atoms with Gasteiger partial charge in [0.25, 0.3) is 0 Å². The van der Waals surface area contributed by atoms with Gasteiger partial charge in [0, 0.05) is 53.0 Å². The van der Waals surface area contributed by atoms with Gasteiger partial charge in [-0.05, 0) is 31.5 Å². The van der Waals surface area contributed by atoms with Crippen molar-refractivity contribution in [1.82, 2.24) is 10.3 Å². The zero-order valence-electron chi connectivity index (χ0n) is 11.4. The number of anilines is 2. The van der Waals surface area contributed by atoms with Crippen LogP contribution in [0.25, 0.3) is 10.8 Å². The lowest BCUT2D eigenvalue weighted by Crippen LogP contribution is -2.31. The van der Waals surface area contributed by atoms with E-state index in [-0.39, 0.29) is 11.9 Å². The molecule has 4 N–H and O–H groups in total. The fourth-order valence-corrected chi connectivity index (χ4v) is 2.58. The first kappa shape index (κ1) is 12.7. The number of hydrogen-bond donors (Lipinski definition) is 3. The number of nitrogens with zero attached hydrogens (tertiary/aromatic N) is 1. The van der Waals surface area contributed by atoms with Crippen molar-refractivity contribution in [3.05, 3.63) is 30.1 Å². The molecule has 1 fully saturated rings.